The van der Waals surface area contributed by atoms with Crippen molar-refractivity contribution in [1.29, 1.82) is 0 Å². The van der Waals surface area contributed by atoms with Crippen LogP contribution in [0, 0.1) is 0 Å². The van der Waals surface area contributed by atoms with E-state index in [9.17, 15) is 4.79 Å². The van der Waals surface area contributed by atoms with E-state index in [4.69, 9.17) is 10.5 Å². The van der Waals surface area contributed by atoms with Gasteiger partial charge in [0.2, 0.25) is 5.72 Å². The number of hydrogen-bond acceptors (Lipinski definition) is 3. The van der Waals surface area contributed by atoms with Crippen LogP contribution in [0.1, 0.15) is 32.8 Å². The van der Waals surface area contributed by atoms with Gasteiger partial charge in [0, 0.05) is 18.2 Å². The number of benzene rings is 1. The van der Waals surface area contributed by atoms with Gasteiger partial charge in [0.1, 0.15) is 0 Å². The smallest absolute Gasteiger partial charge is 0.269 e. The fourth-order valence-electron chi connectivity index (χ4n) is 1.83. The molecule has 1 atom stereocenters. The number of nitrogens with one attached hydrogen (secondary N) is 1. The molecule has 0 radical (unpaired) electrons. The molecule has 0 aliphatic heterocycles. The van der Waals surface area contributed by atoms with Gasteiger partial charge in [0.15, 0.2) is 0 Å². The van der Waals surface area contributed by atoms with Crippen molar-refractivity contribution < 1.29 is 9.53 Å². The molecule has 1 amide bonds. The van der Waals surface area contributed by atoms with Crippen molar-refractivity contribution in [1.82, 2.24) is 5.32 Å². The molecular formula is C14H22N2O2. The number of carbonyl (C=O) groups excluding carboxylic acids is 1. The third-order valence-electron chi connectivity index (χ3n) is 2.54. The Hall–Kier alpha value is -1.39. The Bertz CT molecular complexity index is 379. The summed E-state index contributed by atoms with van der Waals surface area (Å²) in [7, 11) is 0. The highest BCUT2D eigenvalue weighted by Crippen LogP contribution is 2.23. The summed E-state index contributed by atoms with van der Waals surface area (Å²) in [6.45, 7) is 6.37. The molecular weight excluding hydrogens is 228 g/mol. The molecule has 0 spiro atoms. The van der Waals surface area contributed by atoms with Crippen molar-refractivity contribution >= 4 is 5.91 Å². The fraction of sp³-hybridized carbons (Fsp3) is 0.500. The first-order chi connectivity index (χ1) is 8.53. The molecule has 1 rings (SSSR count). The van der Waals surface area contributed by atoms with Crippen LogP contribution >= 0.6 is 0 Å². The van der Waals surface area contributed by atoms with Crippen LogP contribution in [-0.2, 0) is 15.3 Å². The molecule has 3 N–H and O–H groups in total. The van der Waals surface area contributed by atoms with Crippen molar-refractivity contribution in [3.05, 3.63) is 35.9 Å². The van der Waals surface area contributed by atoms with Gasteiger partial charge < -0.3 is 10.5 Å². The average Bonchev–Trinajstić information content (AvgIpc) is 2.34. The van der Waals surface area contributed by atoms with Crippen LogP contribution < -0.4 is 11.1 Å². The minimum atomic E-state index is -1.24. The third kappa shape index (κ3) is 3.31. The van der Waals surface area contributed by atoms with Crippen LogP contribution in [0.5, 0.6) is 0 Å². The molecule has 100 valence electrons. The number of carbonyl (C=O) groups is 1. The van der Waals surface area contributed by atoms with Gasteiger partial charge in [-0.3, -0.25) is 10.1 Å². The van der Waals surface area contributed by atoms with Gasteiger partial charge in [0.05, 0.1) is 0 Å². The number of ether oxygens (including phenoxy) is 1. The van der Waals surface area contributed by atoms with Crippen molar-refractivity contribution in [3.8, 4) is 0 Å². The first-order valence-corrected chi connectivity index (χ1v) is 6.30. The van der Waals surface area contributed by atoms with E-state index in [1.54, 1.807) is 0 Å². The molecule has 0 saturated heterocycles. The Balaban J connectivity index is 3.15. The van der Waals surface area contributed by atoms with E-state index in [0.717, 1.165) is 12.0 Å². The minimum Gasteiger partial charge on any atom is -0.366 e. The van der Waals surface area contributed by atoms with E-state index in [0.29, 0.717) is 6.61 Å². The Morgan fingerprint density at radius 1 is 1.39 bits per heavy atom. The van der Waals surface area contributed by atoms with Gasteiger partial charge in [-0.15, -0.1) is 0 Å². The number of hydrogen-bond donors (Lipinski definition) is 2. The highest BCUT2D eigenvalue weighted by Gasteiger charge is 2.40. The van der Waals surface area contributed by atoms with E-state index in [1.165, 1.54) is 0 Å². The molecule has 1 aromatic rings. The van der Waals surface area contributed by atoms with E-state index in [1.807, 2.05) is 51.1 Å². The normalized spacial score (nSPS) is 14.4. The number of rotatable bonds is 7. The Morgan fingerprint density at radius 2 is 2.00 bits per heavy atom. The summed E-state index contributed by atoms with van der Waals surface area (Å²) in [5, 5.41) is 3.15. The Kier molecular flexibility index (Phi) is 5.31. The van der Waals surface area contributed by atoms with Gasteiger partial charge in [-0.25, -0.2) is 0 Å². The molecule has 0 saturated carbocycles. The first-order valence-electron chi connectivity index (χ1n) is 6.30. The standard InChI is InChI=1S/C14H22N2O2/c1-4-10-18-14(13(15)17,16-11(2)3)12-8-6-5-7-9-12/h5-9,11,16H,4,10H2,1-3H3,(H2,15,17). The molecule has 18 heavy (non-hydrogen) atoms. The summed E-state index contributed by atoms with van der Waals surface area (Å²) in [5.74, 6) is -0.518. The zero-order chi connectivity index (χ0) is 13.6. The summed E-state index contributed by atoms with van der Waals surface area (Å²) < 4.78 is 5.75. The highest BCUT2D eigenvalue weighted by molar-refractivity contribution is 5.84. The van der Waals surface area contributed by atoms with Crippen molar-refractivity contribution in [2.75, 3.05) is 6.61 Å². The number of primary amides is 1. The summed E-state index contributed by atoms with van der Waals surface area (Å²) in [6.07, 6.45) is 0.821. The van der Waals surface area contributed by atoms with E-state index < -0.39 is 11.6 Å². The molecule has 4 heteroatoms. The molecule has 0 bridgehead atoms. The van der Waals surface area contributed by atoms with Gasteiger partial charge in [-0.05, 0) is 20.3 Å². The summed E-state index contributed by atoms with van der Waals surface area (Å²) >= 11 is 0. The maximum Gasteiger partial charge on any atom is 0.269 e. The molecule has 0 aromatic heterocycles. The van der Waals surface area contributed by atoms with Gasteiger partial charge in [0.25, 0.3) is 5.91 Å². The summed E-state index contributed by atoms with van der Waals surface area (Å²) in [6, 6.07) is 9.39. The predicted octanol–water partition coefficient (Wildman–Crippen LogP) is 1.75. The monoisotopic (exact) mass is 250 g/mol. The van der Waals surface area contributed by atoms with Crippen LogP contribution in [0.2, 0.25) is 0 Å². The van der Waals surface area contributed by atoms with E-state index in [-0.39, 0.29) is 6.04 Å². The third-order valence-corrected chi connectivity index (χ3v) is 2.54. The molecule has 0 heterocycles. The van der Waals surface area contributed by atoms with Crippen molar-refractivity contribution in [2.24, 2.45) is 5.73 Å². The number of amides is 1. The van der Waals surface area contributed by atoms with Crippen LogP contribution in [0.4, 0.5) is 0 Å². The maximum atomic E-state index is 11.9. The summed E-state index contributed by atoms with van der Waals surface area (Å²) in [5.41, 5.74) is 5.06. The fourth-order valence-corrected chi connectivity index (χ4v) is 1.83. The molecule has 0 aliphatic carbocycles. The second-order valence-electron chi connectivity index (χ2n) is 4.56. The average molecular weight is 250 g/mol. The molecule has 0 aliphatic rings. The molecule has 4 nitrogen and oxygen atoms in total. The van der Waals surface area contributed by atoms with Gasteiger partial charge in [-0.1, -0.05) is 37.3 Å². The second kappa shape index (κ2) is 6.52. The molecule has 1 unspecified atom stereocenters. The number of nitrogens with two attached hydrogens (primary N) is 1. The van der Waals surface area contributed by atoms with Crippen LogP contribution in [0.15, 0.2) is 30.3 Å². The lowest BCUT2D eigenvalue weighted by molar-refractivity contribution is -0.152. The van der Waals surface area contributed by atoms with Crippen LogP contribution in [-0.4, -0.2) is 18.6 Å². The van der Waals surface area contributed by atoms with Crippen LogP contribution in [0.3, 0.4) is 0 Å². The quantitative estimate of drug-likeness (QED) is 0.725. The first kappa shape index (κ1) is 14.7. The van der Waals surface area contributed by atoms with Gasteiger partial charge >= 0.3 is 0 Å². The largest absolute Gasteiger partial charge is 0.366 e. The van der Waals surface area contributed by atoms with Crippen molar-refractivity contribution in [2.45, 2.75) is 39.0 Å². The SMILES string of the molecule is CCCOC(NC(C)C)(C(N)=O)c1ccccc1. The molecule has 1 aromatic carbocycles. The summed E-state index contributed by atoms with van der Waals surface area (Å²) in [4.78, 5) is 11.9. The second-order valence-corrected chi connectivity index (χ2v) is 4.56. The lowest BCUT2D eigenvalue weighted by atomic mass is 10.0. The predicted molar refractivity (Wildman–Crippen MR) is 71.8 cm³/mol. The van der Waals surface area contributed by atoms with Crippen molar-refractivity contribution in [3.63, 3.8) is 0 Å². The van der Waals surface area contributed by atoms with E-state index in [2.05, 4.69) is 5.32 Å². The highest BCUT2D eigenvalue weighted by atomic mass is 16.5. The van der Waals surface area contributed by atoms with E-state index >= 15 is 0 Å². The lowest BCUT2D eigenvalue weighted by Crippen LogP contribution is -2.57. The maximum absolute atomic E-state index is 11.9. The topological polar surface area (TPSA) is 64.3 Å². The Morgan fingerprint density at radius 3 is 2.44 bits per heavy atom. The zero-order valence-corrected chi connectivity index (χ0v) is 11.3. The lowest BCUT2D eigenvalue weighted by Gasteiger charge is -2.34. The van der Waals surface area contributed by atoms with Crippen LogP contribution in [0.25, 0.3) is 0 Å². The Labute approximate surface area is 109 Å². The molecule has 0 fully saturated rings. The zero-order valence-electron chi connectivity index (χ0n) is 11.3. The minimum absolute atomic E-state index is 0.0783. The van der Waals surface area contributed by atoms with Gasteiger partial charge in [-0.2, -0.15) is 0 Å².